The van der Waals surface area contributed by atoms with Crippen LogP contribution in [0.4, 0.5) is 0 Å². The second kappa shape index (κ2) is 4.82. The van der Waals surface area contributed by atoms with Crippen molar-refractivity contribution in [1.82, 2.24) is 0 Å². The van der Waals surface area contributed by atoms with Crippen molar-refractivity contribution in [3.63, 3.8) is 0 Å². The first kappa shape index (κ1) is 11.6. The van der Waals surface area contributed by atoms with Gasteiger partial charge < -0.3 is 14.9 Å². The van der Waals surface area contributed by atoms with E-state index in [2.05, 4.69) is 0 Å². The minimum atomic E-state index is 0.116. The molecule has 1 aromatic carbocycles. The average molecular weight is 207 g/mol. The summed E-state index contributed by atoms with van der Waals surface area (Å²) >= 11 is 0. The van der Waals surface area contributed by atoms with Crippen molar-refractivity contribution in [2.24, 2.45) is 0 Å². The summed E-state index contributed by atoms with van der Waals surface area (Å²) in [6, 6.07) is 5.75. The largest absolute Gasteiger partial charge is 0.493 e. The van der Waals surface area contributed by atoms with Crippen LogP contribution in [0.3, 0.4) is 0 Å². The third-order valence-corrected chi connectivity index (χ3v) is 2.56. The van der Waals surface area contributed by atoms with Crippen LogP contribution in [0.5, 0.6) is 11.5 Å². The molecule has 0 radical (unpaired) electrons. The highest BCUT2D eigenvalue weighted by Crippen LogP contribution is 2.30. The van der Waals surface area contributed by atoms with Gasteiger partial charge in [0.15, 0.2) is 11.5 Å². The predicted octanol–water partition coefficient (Wildman–Crippen LogP) is 2.85. The number of ether oxygens (including phenoxy) is 2. The first-order valence-electron chi connectivity index (χ1n) is 4.87. The Morgan fingerprint density at radius 1 is 1.20 bits per heavy atom. The van der Waals surface area contributed by atoms with E-state index in [1.165, 1.54) is 0 Å². The fraction of sp³-hybridized carbons (Fsp3) is 0.417. The maximum absolute atomic E-state index is 7.59. The summed E-state index contributed by atoms with van der Waals surface area (Å²) in [5.74, 6) is 1.55. The van der Waals surface area contributed by atoms with Crippen molar-refractivity contribution in [1.29, 1.82) is 5.41 Å². The minimum absolute atomic E-state index is 0.116. The Hall–Kier alpha value is -1.51. The lowest BCUT2D eigenvalue weighted by atomic mass is 9.97. The fourth-order valence-corrected chi connectivity index (χ4v) is 1.37. The van der Waals surface area contributed by atoms with Crippen LogP contribution >= 0.6 is 0 Å². The molecule has 3 nitrogen and oxygen atoms in total. The van der Waals surface area contributed by atoms with Crippen molar-refractivity contribution in [3.05, 3.63) is 23.8 Å². The zero-order chi connectivity index (χ0) is 11.4. The molecule has 0 saturated carbocycles. The van der Waals surface area contributed by atoms with Gasteiger partial charge in [-0.3, -0.25) is 0 Å². The number of benzene rings is 1. The number of hydrogen-bond donors (Lipinski definition) is 1. The molecule has 1 N–H and O–H groups in total. The SMILES string of the molecule is COc1ccc(C(C)C(C)=N)cc1OC. The van der Waals surface area contributed by atoms with Crippen LogP contribution < -0.4 is 9.47 Å². The molecular weight excluding hydrogens is 190 g/mol. The van der Waals surface area contributed by atoms with Gasteiger partial charge in [0.05, 0.1) is 14.2 Å². The monoisotopic (exact) mass is 207 g/mol. The van der Waals surface area contributed by atoms with Gasteiger partial charge in [0.25, 0.3) is 0 Å². The molecule has 0 amide bonds. The average Bonchev–Trinajstić information content (AvgIpc) is 2.26. The van der Waals surface area contributed by atoms with E-state index in [0.717, 1.165) is 11.3 Å². The molecule has 0 heterocycles. The van der Waals surface area contributed by atoms with Gasteiger partial charge in [0.2, 0.25) is 0 Å². The molecule has 1 atom stereocenters. The Labute approximate surface area is 90.5 Å². The highest BCUT2D eigenvalue weighted by atomic mass is 16.5. The molecular formula is C12H17NO2. The molecule has 0 saturated heterocycles. The second-order valence-corrected chi connectivity index (χ2v) is 3.52. The van der Waals surface area contributed by atoms with E-state index in [9.17, 15) is 0 Å². The number of nitrogens with one attached hydrogen (secondary N) is 1. The first-order valence-corrected chi connectivity index (χ1v) is 4.87. The van der Waals surface area contributed by atoms with Gasteiger partial charge in [-0.05, 0) is 24.6 Å². The standard InChI is InChI=1S/C12H17NO2/c1-8(9(2)13)10-5-6-11(14-3)12(7-10)15-4/h5-8,13H,1-4H3. The molecule has 15 heavy (non-hydrogen) atoms. The van der Waals surface area contributed by atoms with E-state index in [1.807, 2.05) is 25.1 Å². The van der Waals surface area contributed by atoms with Crippen LogP contribution in [-0.4, -0.2) is 19.9 Å². The molecule has 1 rings (SSSR count). The van der Waals surface area contributed by atoms with Crippen molar-refractivity contribution in [3.8, 4) is 11.5 Å². The molecule has 0 aliphatic carbocycles. The second-order valence-electron chi connectivity index (χ2n) is 3.52. The summed E-state index contributed by atoms with van der Waals surface area (Å²) in [5, 5.41) is 7.59. The van der Waals surface area contributed by atoms with Crippen molar-refractivity contribution in [2.75, 3.05) is 14.2 Å². The van der Waals surface area contributed by atoms with Crippen LogP contribution in [0.15, 0.2) is 18.2 Å². The van der Waals surface area contributed by atoms with Crippen LogP contribution in [0.2, 0.25) is 0 Å². The fourth-order valence-electron chi connectivity index (χ4n) is 1.37. The smallest absolute Gasteiger partial charge is 0.161 e. The van der Waals surface area contributed by atoms with Gasteiger partial charge >= 0.3 is 0 Å². The molecule has 0 spiro atoms. The zero-order valence-electron chi connectivity index (χ0n) is 9.63. The summed E-state index contributed by atoms with van der Waals surface area (Å²) in [5.41, 5.74) is 1.71. The Morgan fingerprint density at radius 3 is 2.27 bits per heavy atom. The lowest BCUT2D eigenvalue weighted by Gasteiger charge is -2.13. The number of methoxy groups -OCH3 is 2. The normalized spacial score (nSPS) is 12.0. The van der Waals surface area contributed by atoms with E-state index in [1.54, 1.807) is 21.1 Å². The first-order chi connectivity index (χ1) is 7.10. The number of hydrogen-bond acceptors (Lipinski definition) is 3. The summed E-state index contributed by atoms with van der Waals surface area (Å²) in [4.78, 5) is 0. The Balaban J connectivity index is 3.07. The molecule has 82 valence electrons. The van der Waals surface area contributed by atoms with Gasteiger partial charge in [-0.1, -0.05) is 13.0 Å². The van der Waals surface area contributed by atoms with E-state index in [0.29, 0.717) is 11.5 Å². The van der Waals surface area contributed by atoms with Gasteiger partial charge in [-0.2, -0.15) is 0 Å². The highest BCUT2D eigenvalue weighted by Gasteiger charge is 2.11. The topological polar surface area (TPSA) is 42.3 Å². The third kappa shape index (κ3) is 2.49. The Morgan fingerprint density at radius 2 is 1.80 bits per heavy atom. The van der Waals surface area contributed by atoms with Crippen LogP contribution in [0.1, 0.15) is 25.3 Å². The van der Waals surface area contributed by atoms with Gasteiger partial charge in [-0.25, -0.2) is 0 Å². The molecule has 0 aromatic heterocycles. The highest BCUT2D eigenvalue weighted by molar-refractivity contribution is 5.85. The summed E-state index contributed by atoms with van der Waals surface area (Å²) < 4.78 is 10.4. The molecule has 1 aromatic rings. The lowest BCUT2D eigenvalue weighted by Crippen LogP contribution is -2.04. The number of rotatable bonds is 4. The van der Waals surface area contributed by atoms with Gasteiger partial charge in [0.1, 0.15) is 0 Å². The lowest BCUT2D eigenvalue weighted by molar-refractivity contribution is 0.354. The van der Waals surface area contributed by atoms with E-state index in [4.69, 9.17) is 14.9 Å². The van der Waals surface area contributed by atoms with Crippen LogP contribution in [-0.2, 0) is 0 Å². The minimum Gasteiger partial charge on any atom is -0.493 e. The quantitative estimate of drug-likeness (QED) is 0.771. The summed E-state index contributed by atoms with van der Waals surface area (Å²) in [7, 11) is 3.23. The van der Waals surface area contributed by atoms with Crippen LogP contribution in [0, 0.1) is 5.41 Å². The van der Waals surface area contributed by atoms with Crippen LogP contribution in [0.25, 0.3) is 0 Å². The van der Waals surface area contributed by atoms with E-state index in [-0.39, 0.29) is 5.92 Å². The molecule has 1 unspecified atom stereocenters. The maximum Gasteiger partial charge on any atom is 0.161 e. The molecule has 0 bridgehead atoms. The third-order valence-electron chi connectivity index (χ3n) is 2.56. The Bertz CT molecular complexity index is 361. The molecule has 0 aliphatic rings. The molecule has 3 heteroatoms. The van der Waals surface area contributed by atoms with Gasteiger partial charge in [0, 0.05) is 11.6 Å². The van der Waals surface area contributed by atoms with E-state index < -0.39 is 0 Å². The van der Waals surface area contributed by atoms with Crippen molar-refractivity contribution < 1.29 is 9.47 Å². The summed E-state index contributed by atoms with van der Waals surface area (Å²) in [6.45, 7) is 3.81. The van der Waals surface area contributed by atoms with Crippen molar-refractivity contribution >= 4 is 5.71 Å². The summed E-state index contributed by atoms with van der Waals surface area (Å²) in [6.07, 6.45) is 0. The Kier molecular flexibility index (Phi) is 3.72. The predicted molar refractivity (Wildman–Crippen MR) is 61.4 cm³/mol. The van der Waals surface area contributed by atoms with Crippen molar-refractivity contribution in [2.45, 2.75) is 19.8 Å². The van der Waals surface area contributed by atoms with Gasteiger partial charge in [-0.15, -0.1) is 0 Å². The zero-order valence-corrected chi connectivity index (χ0v) is 9.63. The van der Waals surface area contributed by atoms with E-state index >= 15 is 0 Å². The molecule has 0 aliphatic heterocycles. The molecule has 0 fully saturated rings. The maximum atomic E-state index is 7.59.